The molecule has 0 spiro atoms. The van der Waals surface area contributed by atoms with Gasteiger partial charge in [-0.05, 0) is 47.5 Å². The first-order chi connectivity index (χ1) is 11.3. The minimum atomic E-state index is -3.55. The fourth-order valence-corrected chi connectivity index (χ4v) is 5.19. The number of piperazine rings is 1. The van der Waals surface area contributed by atoms with Crippen LogP contribution in [0.15, 0.2) is 27.6 Å². The van der Waals surface area contributed by atoms with E-state index in [1.807, 2.05) is 6.92 Å². The minimum absolute atomic E-state index is 0.116. The monoisotopic (exact) mass is 420 g/mol. The first-order valence-electron chi connectivity index (χ1n) is 8.05. The van der Waals surface area contributed by atoms with Crippen molar-refractivity contribution in [2.24, 2.45) is 0 Å². The Morgan fingerprint density at radius 1 is 1.42 bits per heavy atom. The fourth-order valence-electron chi connectivity index (χ4n) is 3.01. The molecular weight excluding hydrogens is 396 g/mol. The predicted octanol–water partition coefficient (Wildman–Crippen LogP) is 1.92. The molecule has 8 heteroatoms. The van der Waals surface area contributed by atoms with Crippen LogP contribution < -0.4 is 4.74 Å². The molecule has 6 nitrogen and oxygen atoms in total. The van der Waals surface area contributed by atoms with Crippen LogP contribution in [0.25, 0.3) is 0 Å². The van der Waals surface area contributed by atoms with E-state index in [1.165, 1.54) is 4.31 Å². The highest BCUT2D eigenvalue weighted by molar-refractivity contribution is 9.10. The third kappa shape index (κ3) is 4.29. The molecule has 1 heterocycles. The van der Waals surface area contributed by atoms with Gasteiger partial charge in [0.2, 0.25) is 10.0 Å². The zero-order valence-electron chi connectivity index (χ0n) is 14.3. The van der Waals surface area contributed by atoms with Gasteiger partial charge >= 0.3 is 0 Å². The number of hydrogen-bond acceptors (Lipinski definition) is 5. The van der Waals surface area contributed by atoms with Crippen LogP contribution in [0.2, 0.25) is 0 Å². The summed E-state index contributed by atoms with van der Waals surface area (Å²) in [6, 6.07) is 4.92. The first-order valence-corrected chi connectivity index (χ1v) is 10.3. The van der Waals surface area contributed by atoms with E-state index >= 15 is 0 Å². The van der Waals surface area contributed by atoms with Crippen LogP contribution in [0.5, 0.6) is 5.75 Å². The highest BCUT2D eigenvalue weighted by Gasteiger charge is 2.33. The molecule has 0 bridgehead atoms. The Bertz CT molecular complexity index is 666. The topological polar surface area (TPSA) is 70.1 Å². The van der Waals surface area contributed by atoms with Crippen LogP contribution in [0.4, 0.5) is 0 Å². The zero-order valence-corrected chi connectivity index (χ0v) is 16.7. The Balaban J connectivity index is 2.20. The van der Waals surface area contributed by atoms with Crippen LogP contribution in [0.1, 0.15) is 20.3 Å². The van der Waals surface area contributed by atoms with Crippen molar-refractivity contribution >= 4 is 26.0 Å². The SMILES string of the molecule is CCC1CN(S(=O)(=O)c2ccc(OC)c(Br)c2)CCN1CC(C)O. The second kappa shape index (κ2) is 8.14. The molecular formula is C16H25BrN2O4S. The lowest BCUT2D eigenvalue weighted by Crippen LogP contribution is -2.55. The van der Waals surface area contributed by atoms with Gasteiger partial charge in [-0.25, -0.2) is 8.42 Å². The van der Waals surface area contributed by atoms with Crippen LogP contribution in [-0.4, -0.2) is 68.2 Å². The number of β-amino-alcohol motifs (C(OH)–C–C–N with tert-alkyl or cyclic N) is 1. The molecule has 0 radical (unpaired) electrons. The number of aliphatic hydroxyl groups is 1. The van der Waals surface area contributed by atoms with Gasteiger partial charge in [0, 0.05) is 32.2 Å². The van der Waals surface area contributed by atoms with E-state index in [4.69, 9.17) is 4.74 Å². The average molecular weight is 421 g/mol. The standard InChI is InChI=1S/C16H25BrN2O4S/c1-4-13-11-19(8-7-18(13)10-12(2)20)24(21,22)14-5-6-16(23-3)15(17)9-14/h5-6,9,12-13,20H,4,7-8,10-11H2,1-3H3. The Morgan fingerprint density at radius 3 is 2.67 bits per heavy atom. The first kappa shape index (κ1) is 19.7. The number of rotatable bonds is 6. The van der Waals surface area contributed by atoms with Gasteiger partial charge in [0.15, 0.2) is 0 Å². The Morgan fingerprint density at radius 2 is 2.12 bits per heavy atom. The molecule has 24 heavy (non-hydrogen) atoms. The van der Waals surface area contributed by atoms with Gasteiger partial charge < -0.3 is 9.84 Å². The summed E-state index contributed by atoms with van der Waals surface area (Å²) in [7, 11) is -2.00. The average Bonchev–Trinajstić information content (AvgIpc) is 2.54. The number of ether oxygens (including phenoxy) is 1. The summed E-state index contributed by atoms with van der Waals surface area (Å²) in [5.41, 5.74) is 0. The van der Waals surface area contributed by atoms with Crippen LogP contribution >= 0.6 is 15.9 Å². The third-order valence-electron chi connectivity index (χ3n) is 4.30. The molecule has 1 saturated heterocycles. The van der Waals surface area contributed by atoms with Gasteiger partial charge in [0.1, 0.15) is 5.75 Å². The zero-order chi connectivity index (χ0) is 17.9. The van der Waals surface area contributed by atoms with Crippen molar-refractivity contribution in [3.05, 3.63) is 22.7 Å². The quantitative estimate of drug-likeness (QED) is 0.760. The number of aliphatic hydroxyl groups excluding tert-OH is 1. The number of sulfonamides is 1. The van der Waals surface area contributed by atoms with Crippen molar-refractivity contribution in [1.29, 1.82) is 0 Å². The lowest BCUT2D eigenvalue weighted by molar-refractivity contribution is 0.0613. The summed E-state index contributed by atoms with van der Waals surface area (Å²) in [5, 5.41) is 9.61. The van der Waals surface area contributed by atoms with Crippen LogP contribution in [0, 0.1) is 0 Å². The van der Waals surface area contributed by atoms with E-state index in [0.29, 0.717) is 36.4 Å². The normalized spacial score (nSPS) is 21.6. The maximum Gasteiger partial charge on any atom is 0.243 e. The van der Waals surface area contributed by atoms with E-state index in [2.05, 4.69) is 20.8 Å². The van der Waals surface area contributed by atoms with E-state index in [1.54, 1.807) is 32.2 Å². The van der Waals surface area contributed by atoms with Crippen LogP contribution in [0.3, 0.4) is 0 Å². The van der Waals surface area contributed by atoms with Gasteiger partial charge in [0.05, 0.1) is 22.6 Å². The van der Waals surface area contributed by atoms with Crippen molar-refractivity contribution in [3.63, 3.8) is 0 Å². The molecule has 1 aromatic carbocycles. The van der Waals surface area contributed by atoms with E-state index in [9.17, 15) is 13.5 Å². The molecule has 1 aliphatic heterocycles. The maximum atomic E-state index is 12.9. The van der Waals surface area contributed by atoms with E-state index < -0.39 is 16.1 Å². The molecule has 2 rings (SSSR count). The molecule has 0 aliphatic carbocycles. The summed E-state index contributed by atoms with van der Waals surface area (Å²) < 4.78 is 33.2. The van der Waals surface area contributed by atoms with Crippen molar-refractivity contribution in [3.8, 4) is 5.75 Å². The highest BCUT2D eigenvalue weighted by atomic mass is 79.9. The Labute approximate surface area is 152 Å². The summed E-state index contributed by atoms with van der Waals surface area (Å²) in [5.74, 6) is 0.599. The minimum Gasteiger partial charge on any atom is -0.496 e. The van der Waals surface area contributed by atoms with Gasteiger partial charge in [0.25, 0.3) is 0 Å². The molecule has 1 aromatic rings. The summed E-state index contributed by atoms with van der Waals surface area (Å²) in [6.07, 6.45) is 0.421. The number of nitrogens with zero attached hydrogens (tertiary/aromatic N) is 2. The molecule has 1 fully saturated rings. The van der Waals surface area contributed by atoms with Crippen molar-refractivity contribution < 1.29 is 18.3 Å². The number of benzene rings is 1. The second-order valence-corrected chi connectivity index (χ2v) is 8.86. The fraction of sp³-hybridized carbons (Fsp3) is 0.625. The molecule has 0 amide bonds. The highest BCUT2D eigenvalue weighted by Crippen LogP contribution is 2.29. The number of halogens is 1. The Hall–Kier alpha value is -0.670. The van der Waals surface area contributed by atoms with Gasteiger partial charge in [-0.15, -0.1) is 0 Å². The molecule has 1 aliphatic rings. The summed E-state index contributed by atoms with van der Waals surface area (Å²) >= 11 is 3.34. The van der Waals surface area contributed by atoms with Crippen molar-refractivity contribution in [2.75, 3.05) is 33.3 Å². The van der Waals surface area contributed by atoms with Gasteiger partial charge in [-0.3, -0.25) is 4.90 Å². The molecule has 136 valence electrons. The number of hydrogen-bond donors (Lipinski definition) is 1. The van der Waals surface area contributed by atoms with E-state index in [-0.39, 0.29) is 10.9 Å². The molecule has 2 unspecified atom stereocenters. The largest absolute Gasteiger partial charge is 0.496 e. The second-order valence-electron chi connectivity index (χ2n) is 6.07. The number of methoxy groups -OCH3 is 1. The van der Waals surface area contributed by atoms with E-state index in [0.717, 1.165) is 6.42 Å². The third-order valence-corrected chi connectivity index (χ3v) is 6.78. The molecule has 0 saturated carbocycles. The van der Waals surface area contributed by atoms with Crippen LogP contribution in [-0.2, 0) is 10.0 Å². The van der Waals surface area contributed by atoms with Crippen molar-refractivity contribution in [2.45, 2.75) is 37.3 Å². The maximum absolute atomic E-state index is 12.9. The summed E-state index contributed by atoms with van der Waals surface area (Å²) in [6.45, 7) is 5.86. The van der Waals surface area contributed by atoms with Gasteiger partial charge in [-0.2, -0.15) is 4.31 Å². The smallest absolute Gasteiger partial charge is 0.243 e. The molecule has 2 atom stereocenters. The van der Waals surface area contributed by atoms with Crippen molar-refractivity contribution in [1.82, 2.24) is 9.21 Å². The predicted molar refractivity (Wildman–Crippen MR) is 96.8 cm³/mol. The lowest BCUT2D eigenvalue weighted by Gasteiger charge is -2.41. The molecule has 1 N–H and O–H groups in total. The Kier molecular flexibility index (Phi) is 6.66. The summed E-state index contributed by atoms with van der Waals surface area (Å²) in [4.78, 5) is 2.43. The molecule has 0 aromatic heterocycles. The van der Waals surface area contributed by atoms with Gasteiger partial charge in [-0.1, -0.05) is 6.92 Å². The lowest BCUT2D eigenvalue weighted by atomic mass is 10.1.